The van der Waals surface area contributed by atoms with Crippen LogP contribution in [0.2, 0.25) is 0 Å². The van der Waals surface area contributed by atoms with Crippen molar-refractivity contribution in [1.82, 2.24) is 10.2 Å². The van der Waals surface area contributed by atoms with Crippen LogP contribution in [0.5, 0.6) is 5.75 Å². The van der Waals surface area contributed by atoms with Gasteiger partial charge in [-0.3, -0.25) is 9.69 Å². The van der Waals surface area contributed by atoms with Gasteiger partial charge in [-0.05, 0) is 35.2 Å². The summed E-state index contributed by atoms with van der Waals surface area (Å²) in [6.45, 7) is 8.25. The number of carbonyl (C=O) groups excluding carboxylic acids is 1. The molecule has 3 rings (SSSR count). The van der Waals surface area contributed by atoms with Crippen LogP contribution in [0.1, 0.15) is 30.6 Å². The summed E-state index contributed by atoms with van der Waals surface area (Å²) in [6.07, 6.45) is 1.02. The molecule has 0 aromatic heterocycles. The Morgan fingerprint density at radius 2 is 1.85 bits per heavy atom. The summed E-state index contributed by atoms with van der Waals surface area (Å²) in [6, 6.07) is 11.4. The Labute approximate surface area is 155 Å². The number of benzene rings is 2. The molecule has 1 atom stereocenters. The Morgan fingerprint density at radius 1 is 1.19 bits per heavy atom. The first kappa shape index (κ1) is 18.7. The van der Waals surface area contributed by atoms with Crippen molar-refractivity contribution >= 4 is 16.7 Å². The third-order valence-electron chi connectivity index (χ3n) is 4.91. The molecule has 1 amide bonds. The molecule has 2 aromatic rings. The van der Waals surface area contributed by atoms with E-state index in [4.69, 9.17) is 4.74 Å². The predicted molar refractivity (Wildman–Crippen MR) is 104 cm³/mol. The van der Waals surface area contributed by atoms with Gasteiger partial charge in [0, 0.05) is 25.7 Å². The lowest BCUT2D eigenvalue weighted by molar-refractivity contribution is 0.0124. The van der Waals surface area contributed by atoms with Crippen molar-refractivity contribution in [1.29, 1.82) is 0 Å². The van der Waals surface area contributed by atoms with Crippen LogP contribution < -0.4 is 5.32 Å². The topological polar surface area (TPSA) is 61.8 Å². The lowest BCUT2D eigenvalue weighted by atomic mass is 10.0. The Bertz CT molecular complexity index is 754. The van der Waals surface area contributed by atoms with Crippen LogP contribution in [0, 0.1) is 5.92 Å². The van der Waals surface area contributed by atoms with E-state index in [2.05, 4.69) is 24.1 Å². The van der Waals surface area contributed by atoms with Crippen molar-refractivity contribution in [3.05, 3.63) is 42.0 Å². The zero-order valence-electron chi connectivity index (χ0n) is 15.6. The number of nitrogens with zero attached hydrogens (tertiary/aromatic N) is 1. The molecular weight excluding hydrogens is 328 g/mol. The molecule has 1 saturated heterocycles. The van der Waals surface area contributed by atoms with Crippen molar-refractivity contribution in [3.63, 3.8) is 0 Å². The summed E-state index contributed by atoms with van der Waals surface area (Å²) in [4.78, 5) is 15.1. The van der Waals surface area contributed by atoms with E-state index in [1.165, 1.54) is 0 Å². The molecule has 1 aliphatic rings. The Hall–Kier alpha value is -2.11. The summed E-state index contributed by atoms with van der Waals surface area (Å²) >= 11 is 0. The summed E-state index contributed by atoms with van der Waals surface area (Å²) in [5, 5.41) is 15.1. The molecule has 1 aliphatic heterocycles. The van der Waals surface area contributed by atoms with Gasteiger partial charge in [-0.15, -0.1) is 0 Å². The van der Waals surface area contributed by atoms with Crippen LogP contribution >= 0.6 is 0 Å². The lowest BCUT2D eigenvalue weighted by Crippen LogP contribution is -2.49. The number of ether oxygens (including phenoxy) is 1. The largest absolute Gasteiger partial charge is 0.507 e. The molecule has 0 aliphatic carbocycles. The summed E-state index contributed by atoms with van der Waals surface area (Å²) in [7, 11) is 0. The molecule has 0 spiro atoms. The molecule has 1 fully saturated rings. The van der Waals surface area contributed by atoms with E-state index < -0.39 is 0 Å². The highest BCUT2D eigenvalue weighted by atomic mass is 16.5. The van der Waals surface area contributed by atoms with Gasteiger partial charge in [0.2, 0.25) is 0 Å². The number of phenolic OH excluding ortho intramolecular Hbond substituents is 1. The SMILES string of the molecule is CC(C)CC(CNC(=O)c1cc2ccccc2cc1O)N1CCOCC1. The summed E-state index contributed by atoms with van der Waals surface area (Å²) in [5.41, 5.74) is 0.328. The molecule has 140 valence electrons. The molecule has 1 heterocycles. The molecule has 26 heavy (non-hydrogen) atoms. The van der Waals surface area contributed by atoms with E-state index in [0.717, 1.165) is 43.5 Å². The Morgan fingerprint density at radius 3 is 2.50 bits per heavy atom. The number of morpholine rings is 1. The quantitative estimate of drug-likeness (QED) is 0.835. The van der Waals surface area contributed by atoms with Gasteiger partial charge in [0.1, 0.15) is 5.75 Å². The summed E-state index contributed by atoms with van der Waals surface area (Å²) in [5.74, 6) is 0.345. The van der Waals surface area contributed by atoms with Crippen molar-refractivity contribution in [2.75, 3.05) is 32.8 Å². The smallest absolute Gasteiger partial charge is 0.255 e. The fourth-order valence-electron chi connectivity index (χ4n) is 3.56. The monoisotopic (exact) mass is 356 g/mol. The Balaban J connectivity index is 1.70. The van der Waals surface area contributed by atoms with Gasteiger partial charge in [-0.2, -0.15) is 0 Å². The van der Waals surface area contributed by atoms with E-state index in [1.807, 2.05) is 24.3 Å². The number of phenols is 1. The van der Waals surface area contributed by atoms with E-state index in [0.29, 0.717) is 18.0 Å². The van der Waals surface area contributed by atoms with E-state index in [-0.39, 0.29) is 17.7 Å². The number of rotatable bonds is 6. The van der Waals surface area contributed by atoms with Gasteiger partial charge in [-0.25, -0.2) is 0 Å². The van der Waals surface area contributed by atoms with E-state index >= 15 is 0 Å². The average molecular weight is 356 g/mol. The van der Waals surface area contributed by atoms with Crippen LogP contribution in [0.4, 0.5) is 0 Å². The van der Waals surface area contributed by atoms with Gasteiger partial charge in [-0.1, -0.05) is 38.1 Å². The average Bonchev–Trinajstić information content (AvgIpc) is 2.64. The maximum atomic E-state index is 12.7. The molecule has 0 saturated carbocycles. The third kappa shape index (κ3) is 4.54. The van der Waals surface area contributed by atoms with Gasteiger partial charge >= 0.3 is 0 Å². The highest BCUT2D eigenvalue weighted by Crippen LogP contribution is 2.25. The molecule has 5 nitrogen and oxygen atoms in total. The molecular formula is C21H28N2O3. The number of hydrogen-bond donors (Lipinski definition) is 2. The van der Waals surface area contributed by atoms with Crippen LogP contribution in [-0.2, 0) is 4.74 Å². The second-order valence-electron chi connectivity index (χ2n) is 7.36. The molecule has 0 radical (unpaired) electrons. The maximum absolute atomic E-state index is 12.7. The normalized spacial score (nSPS) is 16.7. The van der Waals surface area contributed by atoms with Gasteiger partial charge in [0.15, 0.2) is 0 Å². The first-order chi connectivity index (χ1) is 12.5. The number of carbonyl (C=O) groups is 1. The highest BCUT2D eigenvalue weighted by molar-refractivity contribution is 6.01. The van der Waals surface area contributed by atoms with E-state index in [1.54, 1.807) is 12.1 Å². The number of fused-ring (bicyclic) bond motifs is 1. The standard InChI is InChI=1S/C21H28N2O3/c1-15(2)11-18(23-7-9-26-10-8-23)14-22-21(25)19-12-16-5-3-4-6-17(16)13-20(19)24/h3-6,12-13,15,18,24H,7-11,14H2,1-2H3,(H,22,25). The van der Waals surface area contributed by atoms with Gasteiger partial charge < -0.3 is 15.2 Å². The molecule has 1 unspecified atom stereocenters. The maximum Gasteiger partial charge on any atom is 0.255 e. The van der Waals surface area contributed by atoms with Crippen LogP contribution in [0.15, 0.2) is 36.4 Å². The fraction of sp³-hybridized carbons (Fsp3) is 0.476. The second-order valence-corrected chi connectivity index (χ2v) is 7.36. The van der Waals surface area contributed by atoms with Gasteiger partial charge in [0.25, 0.3) is 5.91 Å². The Kier molecular flexibility index (Phi) is 6.12. The predicted octanol–water partition coefficient (Wildman–Crippen LogP) is 3.02. The first-order valence-electron chi connectivity index (χ1n) is 9.36. The fourth-order valence-corrected chi connectivity index (χ4v) is 3.56. The number of nitrogens with one attached hydrogen (secondary N) is 1. The molecule has 5 heteroatoms. The minimum absolute atomic E-state index is 0.0213. The van der Waals surface area contributed by atoms with Crippen molar-refractivity contribution in [2.24, 2.45) is 5.92 Å². The first-order valence-corrected chi connectivity index (χ1v) is 9.36. The van der Waals surface area contributed by atoms with Crippen molar-refractivity contribution in [3.8, 4) is 5.75 Å². The van der Waals surface area contributed by atoms with E-state index in [9.17, 15) is 9.90 Å². The van der Waals surface area contributed by atoms with Crippen molar-refractivity contribution < 1.29 is 14.6 Å². The van der Waals surface area contributed by atoms with Crippen molar-refractivity contribution in [2.45, 2.75) is 26.3 Å². The van der Waals surface area contributed by atoms with Crippen LogP contribution in [0.25, 0.3) is 10.8 Å². The molecule has 2 aromatic carbocycles. The number of amides is 1. The summed E-state index contributed by atoms with van der Waals surface area (Å²) < 4.78 is 5.44. The van der Waals surface area contributed by atoms with Gasteiger partial charge in [0.05, 0.1) is 18.8 Å². The van der Waals surface area contributed by atoms with Crippen LogP contribution in [0.3, 0.4) is 0 Å². The molecule has 0 bridgehead atoms. The number of aromatic hydroxyl groups is 1. The number of hydrogen-bond acceptors (Lipinski definition) is 4. The lowest BCUT2D eigenvalue weighted by Gasteiger charge is -2.35. The minimum Gasteiger partial charge on any atom is -0.507 e. The third-order valence-corrected chi connectivity index (χ3v) is 4.91. The zero-order valence-corrected chi connectivity index (χ0v) is 15.6. The molecule has 2 N–H and O–H groups in total. The van der Waals surface area contributed by atoms with Crippen LogP contribution in [-0.4, -0.2) is 54.8 Å². The second kappa shape index (κ2) is 8.52. The minimum atomic E-state index is -0.227. The zero-order chi connectivity index (χ0) is 18.5. The highest BCUT2D eigenvalue weighted by Gasteiger charge is 2.23.